The highest BCUT2D eigenvalue weighted by Gasteiger charge is 2.50. The Labute approximate surface area is 238 Å². The van der Waals surface area contributed by atoms with Gasteiger partial charge in [0.25, 0.3) is 0 Å². The first-order chi connectivity index (χ1) is 18.8. The second kappa shape index (κ2) is 19.0. The molecule has 4 rings (SSSR count). The van der Waals surface area contributed by atoms with Crippen molar-refractivity contribution >= 4 is 12.3 Å². The average molecular weight is 545 g/mol. The Hall–Kier alpha value is -2.22. The molecule has 2 fully saturated rings. The molecule has 0 saturated carbocycles. The Kier molecular flexibility index (Phi) is 16.9. The molecule has 0 radical (unpaired) electrons. The summed E-state index contributed by atoms with van der Waals surface area (Å²) >= 11 is 0. The largest absolute Gasteiger partial charge is 0.465 e. The third-order valence-electron chi connectivity index (χ3n) is 7.75. The van der Waals surface area contributed by atoms with Crippen LogP contribution in [-0.4, -0.2) is 75.1 Å². The predicted molar refractivity (Wildman–Crippen MR) is 163 cm³/mol. The van der Waals surface area contributed by atoms with Crippen molar-refractivity contribution in [3.05, 3.63) is 46.7 Å². The molecule has 0 amide bonds. The van der Waals surface area contributed by atoms with Crippen molar-refractivity contribution < 1.29 is 14.3 Å². The molecule has 0 spiro atoms. The maximum Gasteiger partial charge on any atom is 0.327 e. The van der Waals surface area contributed by atoms with E-state index in [1.54, 1.807) is 14.0 Å². The van der Waals surface area contributed by atoms with E-state index >= 15 is 0 Å². The summed E-state index contributed by atoms with van der Waals surface area (Å²) in [5.74, 6) is 0.751. The number of likely N-dealkylation sites (tertiary alicyclic amines) is 1. The number of hydrogen-bond acceptors (Lipinski definition) is 7. The summed E-state index contributed by atoms with van der Waals surface area (Å²) in [4.78, 5) is 24.8. The molecule has 1 aliphatic carbocycles. The molecule has 0 bridgehead atoms. The molecular formula is C32H56N4O3. The zero-order valence-electron chi connectivity index (χ0n) is 26.1. The van der Waals surface area contributed by atoms with Gasteiger partial charge in [-0.2, -0.15) is 0 Å². The van der Waals surface area contributed by atoms with Gasteiger partial charge in [-0.05, 0) is 83.8 Å². The van der Waals surface area contributed by atoms with Crippen molar-refractivity contribution in [2.24, 2.45) is 5.92 Å². The quantitative estimate of drug-likeness (QED) is 0.234. The minimum Gasteiger partial charge on any atom is -0.465 e. The number of fused-ring (bicyclic) bond motifs is 1. The number of hydrogen-bond donors (Lipinski definition) is 3. The summed E-state index contributed by atoms with van der Waals surface area (Å²) in [7, 11) is 3.98. The first-order valence-corrected chi connectivity index (χ1v) is 15.0. The highest BCUT2D eigenvalue weighted by Crippen LogP contribution is 2.37. The monoisotopic (exact) mass is 544 g/mol. The van der Waals surface area contributed by atoms with Gasteiger partial charge >= 0.3 is 5.97 Å². The van der Waals surface area contributed by atoms with Crippen molar-refractivity contribution in [3.8, 4) is 0 Å². The number of rotatable bonds is 9. The van der Waals surface area contributed by atoms with E-state index in [2.05, 4.69) is 79.9 Å². The van der Waals surface area contributed by atoms with Crippen LogP contribution < -0.4 is 16.0 Å². The lowest BCUT2D eigenvalue weighted by Crippen LogP contribution is -2.40. The number of likely N-dealkylation sites (N-methyl/N-ethyl adjacent to an activating group) is 1. The number of ether oxygens (including phenoxy) is 1. The molecule has 3 N–H and O–H groups in total. The minimum atomic E-state index is -0.441. The van der Waals surface area contributed by atoms with E-state index in [-0.39, 0.29) is 18.6 Å². The smallest absolute Gasteiger partial charge is 0.327 e. The molecular weight excluding hydrogens is 488 g/mol. The minimum absolute atomic E-state index is 0.237. The van der Waals surface area contributed by atoms with Crippen molar-refractivity contribution in [1.29, 1.82) is 0 Å². The van der Waals surface area contributed by atoms with Crippen molar-refractivity contribution in [2.75, 3.05) is 33.8 Å². The van der Waals surface area contributed by atoms with Crippen molar-refractivity contribution in [1.82, 2.24) is 20.9 Å². The fourth-order valence-electron chi connectivity index (χ4n) is 5.22. The molecule has 3 aliphatic rings. The van der Waals surface area contributed by atoms with Gasteiger partial charge in [0.2, 0.25) is 0 Å². The number of aldehydes is 1. The zero-order valence-corrected chi connectivity index (χ0v) is 26.1. The van der Waals surface area contributed by atoms with E-state index in [0.717, 1.165) is 35.9 Å². The van der Waals surface area contributed by atoms with Crippen LogP contribution in [0.1, 0.15) is 77.8 Å². The molecule has 5 atom stereocenters. The van der Waals surface area contributed by atoms with Crippen LogP contribution in [0.2, 0.25) is 0 Å². The average Bonchev–Trinajstić information content (AvgIpc) is 3.61. The van der Waals surface area contributed by atoms with Crippen LogP contribution in [0.15, 0.2) is 35.5 Å². The number of carbonyl (C=O) groups excluding carboxylic acids is 2. The Morgan fingerprint density at radius 2 is 1.85 bits per heavy atom. The lowest BCUT2D eigenvalue weighted by atomic mass is 9.89. The van der Waals surface area contributed by atoms with E-state index in [1.165, 1.54) is 43.4 Å². The third kappa shape index (κ3) is 11.4. The molecule has 7 nitrogen and oxygen atoms in total. The summed E-state index contributed by atoms with van der Waals surface area (Å²) in [6.07, 6.45) is 7.31. The summed E-state index contributed by atoms with van der Waals surface area (Å²) in [5.41, 5.74) is 4.71. The molecule has 1 aromatic rings. The number of piperidine rings is 1. The Balaban J connectivity index is 0.000000309. The van der Waals surface area contributed by atoms with Gasteiger partial charge in [-0.3, -0.25) is 0 Å². The van der Waals surface area contributed by atoms with Crippen LogP contribution in [-0.2, 0) is 14.3 Å². The predicted octanol–water partition coefficient (Wildman–Crippen LogP) is 4.77. The third-order valence-corrected chi connectivity index (χ3v) is 7.75. The van der Waals surface area contributed by atoms with Crippen LogP contribution in [0.3, 0.4) is 0 Å². The van der Waals surface area contributed by atoms with Gasteiger partial charge < -0.3 is 30.4 Å². The molecule has 39 heavy (non-hydrogen) atoms. The first-order valence-electron chi connectivity index (χ1n) is 15.0. The maximum atomic E-state index is 11.9. The molecule has 222 valence electrons. The number of carbonyl (C=O) groups is 2. The fraction of sp³-hybridized carbons (Fsp3) is 0.688. The SMILES string of the molecule is CC.CCCC1CCN(C)C(C)C1.CCOC(=O)C(NC)C1=C(NCC=O)CC2NC12.Cc1ccccc1C. The van der Waals surface area contributed by atoms with Gasteiger partial charge in [0.05, 0.1) is 13.2 Å². The van der Waals surface area contributed by atoms with E-state index in [1.807, 2.05) is 13.8 Å². The second-order valence-corrected chi connectivity index (χ2v) is 10.5. The van der Waals surface area contributed by atoms with Crippen LogP contribution in [0.4, 0.5) is 0 Å². The Morgan fingerprint density at radius 1 is 1.21 bits per heavy atom. The number of aryl methyl sites for hydroxylation is 2. The normalized spacial score (nSPS) is 23.9. The van der Waals surface area contributed by atoms with Crippen LogP contribution in [0, 0.1) is 19.8 Å². The van der Waals surface area contributed by atoms with Gasteiger partial charge in [-0.25, -0.2) is 4.79 Å². The van der Waals surface area contributed by atoms with Gasteiger partial charge in [0.15, 0.2) is 0 Å². The zero-order chi connectivity index (χ0) is 29.4. The second-order valence-electron chi connectivity index (χ2n) is 10.5. The number of esters is 1. The Morgan fingerprint density at radius 3 is 2.33 bits per heavy atom. The molecule has 0 aromatic heterocycles. The van der Waals surface area contributed by atoms with Crippen LogP contribution in [0.5, 0.6) is 0 Å². The lowest BCUT2D eigenvalue weighted by molar-refractivity contribution is -0.144. The topological polar surface area (TPSA) is 92.6 Å². The van der Waals surface area contributed by atoms with Gasteiger partial charge in [0, 0.05) is 30.2 Å². The van der Waals surface area contributed by atoms with E-state index in [0.29, 0.717) is 12.6 Å². The number of benzene rings is 1. The number of nitrogens with zero attached hydrogens (tertiary/aromatic N) is 1. The standard InChI is InChI=1S/C12H19N3O3.C10H21N.C8H10.C2H6/c1-3-18-12(17)11(13-2)9-7(14-4-5-16)6-8-10(9)15-8;1-4-5-10-6-7-11(3)9(2)8-10;1-7-5-3-4-6-8(7)2;1-2/h5,8,10-11,13-15H,3-4,6H2,1-2H3;9-10H,4-8H2,1-3H3;3-6H,1-2H3;1-2H3. The van der Waals surface area contributed by atoms with Crippen molar-refractivity contribution in [2.45, 2.75) is 105 Å². The summed E-state index contributed by atoms with van der Waals surface area (Å²) in [6, 6.07) is 9.37. The molecule has 2 heterocycles. The summed E-state index contributed by atoms with van der Waals surface area (Å²) in [6.45, 7) is 16.6. The lowest BCUT2D eigenvalue weighted by Gasteiger charge is -2.34. The molecule has 7 heteroatoms. The molecule has 2 aliphatic heterocycles. The van der Waals surface area contributed by atoms with Crippen LogP contribution >= 0.6 is 0 Å². The van der Waals surface area contributed by atoms with Gasteiger partial charge in [-0.1, -0.05) is 57.9 Å². The Bertz CT molecular complexity index is 867. The van der Waals surface area contributed by atoms with Crippen LogP contribution in [0.25, 0.3) is 0 Å². The van der Waals surface area contributed by atoms with Gasteiger partial charge in [-0.15, -0.1) is 0 Å². The highest BCUT2D eigenvalue weighted by molar-refractivity contribution is 5.81. The first kappa shape index (κ1) is 34.8. The summed E-state index contributed by atoms with van der Waals surface area (Å²) < 4.78 is 5.07. The van der Waals surface area contributed by atoms with Crippen molar-refractivity contribution in [3.63, 3.8) is 0 Å². The fourth-order valence-corrected chi connectivity index (χ4v) is 5.22. The molecule has 1 aromatic carbocycles. The number of nitrogens with one attached hydrogen (secondary N) is 3. The molecule has 2 saturated heterocycles. The summed E-state index contributed by atoms with van der Waals surface area (Å²) in [5, 5.41) is 9.37. The van der Waals surface area contributed by atoms with E-state index < -0.39 is 6.04 Å². The van der Waals surface area contributed by atoms with E-state index in [9.17, 15) is 9.59 Å². The van der Waals surface area contributed by atoms with Gasteiger partial charge in [0.1, 0.15) is 12.3 Å². The molecule has 5 unspecified atom stereocenters. The maximum absolute atomic E-state index is 11.9. The van der Waals surface area contributed by atoms with E-state index in [4.69, 9.17) is 4.74 Å². The highest BCUT2D eigenvalue weighted by atomic mass is 16.5.